The van der Waals surface area contributed by atoms with Gasteiger partial charge in [0, 0.05) is 18.8 Å². The fourth-order valence-electron chi connectivity index (χ4n) is 2.88. The number of hydrogen-bond acceptors (Lipinski definition) is 4. The molecule has 2 aliphatic carbocycles. The molecule has 152 valence electrons. The topological polar surface area (TPSA) is 36.9 Å². The van der Waals surface area contributed by atoms with Gasteiger partial charge in [-0.3, -0.25) is 9.83 Å². The highest BCUT2D eigenvalue weighted by atomic mass is 16.7. The minimum atomic E-state index is 0.448. The second-order valence-electron chi connectivity index (χ2n) is 7.56. The number of aliphatic imine (C=N–C) groups is 1. The van der Waals surface area contributed by atoms with E-state index < -0.39 is 0 Å². The van der Waals surface area contributed by atoms with Crippen LogP contribution in [-0.4, -0.2) is 37.0 Å². The SMILES string of the molecule is C=CC(CNC(=C)CON(C)C1CCC1)=NC(=C)/C(C=CC)=C/C(=C)C1CC1. The lowest BCUT2D eigenvalue weighted by atomic mass is 9.93. The quantitative estimate of drug-likeness (QED) is 0.273. The summed E-state index contributed by atoms with van der Waals surface area (Å²) in [6.07, 6.45) is 14.0. The molecule has 0 heterocycles. The van der Waals surface area contributed by atoms with Gasteiger partial charge in [-0.15, -0.1) is 0 Å². The summed E-state index contributed by atoms with van der Waals surface area (Å²) in [4.78, 5) is 10.4. The van der Waals surface area contributed by atoms with Gasteiger partial charge in [0.15, 0.2) is 0 Å². The maximum Gasteiger partial charge on any atom is 0.107 e. The largest absolute Gasteiger partial charge is 0.381 e. The van der Waals surface area contributed by atoms with Gasteiger partial charge in [0.25, 0.3) is 0 Å². The van der Waals surface area contributed by atoms with Crippen LogP contribution in [0, 0.1) is 5.92 Å². The molecule has 4 heteroatoms. The van der Waals surface area contributed by atoms with Gasteiger partial charge in [0.05, 0.1) is 18.0 Å². The number of rotatable bonds is 13. The van der Waals surface area contributed by atoms with Crippen LogP contribution >= 0.6 is 0 Å². The molecule has 0 aromatic carbocycles. The lowest BCUT2D eigenvalue weighted by Gasteiger charge is -2.33. The first-order valence-corrected chi connectivity index (χ1v) is 10.1. The zero-order chi connectivity index (χ0) is 20.5. The number of hydrogen-bond donors (Lipinski definition) is 1. The van der Waals surface area contributed by atoms with E-state index in [0.717, 1.165) is 22.6 Å². The Hall–Kier alpha value is -2.17. The third kappa shape index (κ3) is 7.10. The predicted molar refractivity (Wildman–Crippen MR) is 120 cm³/mol. The summed E-state index contributed by atoms with van der Waals surface area (Å²) in [5, 5.41) is 5.21. The number of nitrogens with one attached hydrogen (secondary N) is 1. The van der Waals surface area contributed by atoms with E-state index in [-0.39, 0.29) is 0 Å². The van der Waals surface area contributed by atoms with E-state index in [1.807, 2.05) is 31.2 Å². The van der Waals surface area contributed by atoms with Crippen LogP contribution in [0.25, 0.3) is 0 Å². The lowest BCUT2D eigenvalue weighted by molar-refractivity contribution is -0.176. The van der Waals surface area contributed by atoms with Gasteiger partial charge in [-0.1, -0.05) is 50.5 Å². The summed E-state index contributed by atoms with van der Waals surface area (Å²) in [6.45, 7) is 19.2. The number of allylic oxidation sites excluding steroid dienone is 4. The molecule has 0 unspecified atom stereocenters. The number of nitrogens with zero attached hydrogens (tertiary/aromatic N) is 2. The Balaban J connectivity index is 1.86. The molecule has 28 heavy (non-hydrogen) atoms. The Labute approximate surface area is 170 Å². The zero-order valence-corrected chi connectivity index (χ0v) is 17.5. The normalized spacial score (nSPS) is 18.2. The van der Waals surface area contributed by atoms with E-state index in [2.05, 4.69) is 42.7 Å². The van der Waals surface area contributed by atoms with Crippen molar-refractivity contribution in [2.24, 2.45) is 10.9 Å². The van der Waals surface area contributed by atoms with Crippen molar-refractivity contribution in [2.45, 2.75) is 45.1 Å². The molecule has 0 aromatic rings. The Morgan fingerprint density at radius 2 is 1.93 bits per heavy atom. The molecule has 0 aliphatic heterocycles. The molecule has 0 aromatic heterocycles. The van der Waals surface area contributed by atoms with E-state index in [1.54, 1.807) is 6.08 Å². The highest BCUT2D eigenvalue weighted by molar-refractivity contribution is 5.97. The fraction of sp³-hybridized carbons (Fsp3) is 0.458. The van der Waals surface area contributed by atoms with Crippen LogP contribution < -0.4 is 5.32 Å². The van der Waals surface area contributed by atoms with Crippen LogP contribution in [0.5, 0.6) is 0 Å². The van der Waals surface area contributed by atoms with Crippen molar-refractivity contribution in [2.75, 3.05) is 20.2 Å². The molecule has 0 amide bonds. The summed E-state index contributed by atoms with van der Waals surface area (Å²) >= 11 is 0. The van der Waals surface area contributed by atoms with Crippen LogP contribution in [0.15, 0.2) is 78.2 Å². The molecule has 2 saturated carbocycles. The number of hydroxylamine groups is 2. The highest BCUT2D eigenvalue weighted by Crippen LogP contribution is 2.37. The molecule has 0 spiro atoms. The standard InChI is InChI=1S/C24H35N3O/c1-7-10-22(15-18(3)21-13-14-21)20(5)26-23(8-2)16-25-19(4)17-28-27(6)24-11-9-12-24/h7-8,10,15,21,24-25H,2-5,9,11-14,16-17H2,1,6H3/b10-7?,22-15+,26-23?. The van der Waals surface area contributed by atoms with Gasteiger partial charge in [-0.2, -0.15) is 5.06 Å². The highest BCUT2D eigenvalue weighted by Gasteiger charge is 2.23. The first-order valence-electron chi connectivity index (χ1n) is 10.1. The maximum atomic E-state index is 5.76. The smallest absolute Gasteiger partial charge is 0.107 e. The minimum Gasteiger partial charge on any atom is -0.381 e. The van der Waals surface area contributed by atoms with E-state index in [1.165, 1.54) is 32.1 Å². The van der Waals surface area contributed by atoms with Crippen LogP contribution in [0.4, 0.5) is 0 Å². The van der Waals surface area contributed by atoms with Crippen molar-refractivity contribution in [1.82, 2.24) is 10.4 Å². The first kappa shape index (κ1) is 22.1. The zero-order valence-electron chi connectivity index (χ0n) is 17.5. The van der Waals surface area contributed by atoms with Crippen LogP contribution in [0.2, 0.25) is 0 Å². The summed E-state index contributed by atoms with van der Waals surface area (Å²) in [6, 6.07) is 0.545. The average Bonchev–Trinajstić information content (AvgIpc) is 3.46. The van der Waals surface area contributed by atoms with E-state index in [9.17, 15) is 0 Å². The second kappa shape index (κ2) is 11.0. The Morgan fingerprint density at radius 3 is 2.46 bits per heavy atom. The Morgan fingerprint density at radius 1 is 1.21 bits per heavy atom. The van der Waals surface area contributed by atoms with Crippen molar-refractivity contribution in [1.29, 1.82) is 0 Å². The molecule has 2 aliphatic rings. The third-order valence-electron chi connectivity index (χ3n) is 5.19. The molecule has 0 radical (unpaired) electrons. The van der Waals surface area contributed by atoms with Gasteiger partial charge in [0.1, 0.15) is 6.61 Å². The molecule has 1 N–H and O–H groups in total. The van der Waals surface area contributed by atoms with E-state index in [4.69, 9.17) is 4.84 Å². The van der Waals surface area contributed by atoms with Crippen LogP contribution in [0.3, 0.4) is 0 Å². The summed E-state index contributed by atoms with van der Waals surface area (Å²) < 4.78 is 0. The van der Waals surface area contributed by atoms with E-state index in [0.29, 0.717) is 30.8 Å². The van der Waals surface area contributed by atoms with E-state index >= 15 is 0 Å². The Bertz CT molecular complexity index is 691. The van der Waals surface area contributed by atoms with Gasteiger partial charge in [-0.25, -0.2) is 0 Å². The van der Waals surface area contributed by atoms with Gasteiger partial charge in [-0.05, 0) is 56.3 Å². The van der Waals surface area contributed by atoms with Crippen molar-refractivity contribution in [3.8, 4) is 0 Å². The Kier molecular flexibility index (Phi) is 8.68. The summed E-state index contributed by atoms with van der Waals surface area (Å²) in [5.41, 5.74) is 4.48. The maximum absolute atomic E-state index is 5.76. The van der Waals surface area contributed by atoms with Gasteiger partial charge >= 0.3 is 0 Å². The van der Waals surface area contributed by atoms with Crippen molar-refractivity contribution < 1.29 is 4.84 Å². The minimum absolute atomic E-state index is 0.448. The van der Waals surface area contributed by atoms with Crippen molar-refractivity contribution in [3.63, 3.8) is 0 Å². The molecule has 0 saturated heterocycles. The van der Waals surface area contributed by atoms with Gasteiger partial charge < -0.3 is 5.32 Å². The molecule has 2 rings (SSSR count). The predicted octanol–water partition coefficient (Wildman–Crippen LogP) is 5.12. The second-order valence-corrected chi connectivity index (χ2v) is 7.56. The molecular weight excluding hydrogens is 346 g/mol. The van der Waals surface area contributed by atoms with Gasteiger partial charge in [0.2, 0.25) is 0 Å². The molecule has 2 fully saturated rings. The fourth-order valence-corrected chi connectivity index (χ4v) is 2.88. The summed E-state index contributed by atoms with van der Waals surface area (Å²) in [7, 11) is 1.99. The van der Waals surface area contributed by atoms with Crippen molar-refractivity contribution >= 4 is 5.71 Å². The first-order chi connectivity index (χ1) is 13.4. The van der Waals surface area contributed by atoms with Crippen LogP contribution in [0.1, 0.15) is 39.0 Å². The van der Waals surface area contributed by atoms with Crippen LogP contribution in [-0.2, 0) is 4.84 Å². The lowest BCUT2D eigenvalue weighted by Crippen LogP contribution is -2.38. The average molecular weight is 382 g/mol. The molecule has 0 atom stereocenters. The third-order valence-corrected chi connectivity index (χ3v) is 5.19. The van der Waals surface area contributed by atoms with Crippen molar-refractivity contribution in [3.05, 3.63) is 73.2 Å². The molecule has 4 nitrogen and oxygen atoms in total. The molecule has 0 bridgehead atoms. The summed E-state index contributed by atoms with van der Waals surface area (Å²) in [5.74, 6) is 0.624. The molecular formula is C24H35N3O. The monoisotopic (exact) mass is 381 g/mol.